The number of sulfonamides is 1. The molecule has 0 radical (unpaired) electrons. The number of carbonyl (C=O) groups excluding carboxylic acids is 1. The van der Waals surface area contributed by atoms with Gasteiger partial charge in [0, 0.05) is 24.5 Å². The summed E-state index contributed by atoms with van der Waals surface area (Å²) in [4.78, 5) is 14.9. The summed E-state index contributed by atoms with van der Waals surface area (Å²) >= 11 is 1.12. The molecule has 1 heterocycles. The van der Waals surface area contributed by atoms with E-state index in [1.54, 1.807) is 11.4 Å². The Hall–Kier alpha value is -1.90. The number of benzene rings is 1. The number of rotatable bonds is 9. The molecule has 0 fully saturated rings. The van der Waals surface area contributed by atoms with E-state index in [4.69, 9.17) is 0 Å². The van der Waals surface area contributed by atoms with E-state index in [9.17, 15) is 13.2 Å². The number of thiophene rings is 1. The van der Waals surface area contributed by atoms with E-state index < -0.39 is 16.1 Å². The van der Waals surface area contributed by atoms with Gasteiger partial charge in [-0.15, -0.1) is 11.3 Å². The van der Waals surface area contributed by atoms with Gasteiger partial charge in [0.25, 0.3) is 10.0 Å². The minimum absolute atomic E-state index is 0.199. The van der Waals surface area contributed by atoms with Crippen molar-refractivity contribution >= 4 is 38.6 Å². The van der Waals surface area contributed by atoms with Crippen molar-refractivity contribution in [1.29, 1.82) is 0 Å². The van der Waals surface area contributed by atoms with Crippen LogP contribution in [0.2, 0.25) is 0 Å². The van der Waals surface area contributed by atoms with Gasteiger partial charge in [-0.3, -0.25) is 4.79 Å². The molecule has 0 spiro atoms. The average molecular weight is 410 g/mol. The van der Waals surface area contributed by atoms with E-state index in [2.05, 4.69) is 28.8 Å². The van der Waals surface area contributed by atoms with Crippen molar-refractivity contribution in [3.05, 3.63) is 41.8 Å². The van der Waals surface area contributed by atoms with Crippen LogP contribution in [0.15, 0.2) is 46.0 Å². The van der Waals surface area contributed by atoms with Crippen molar-refractivity contribution in [3.63, 3.8) is 0 Å². The lowest BCUT2D eigenvalue weighted by atomic mass is 10.0. The molecule has 0 saturated carbocycles. The quantitative estimate of drug-likeness (QED) is 0.664. The highest BCUT2D eigenvalue weighted by molar-refractivity contribution is 7.91. The molecule has 1 aromatic heterocycles. The largest absolute Gasteiger partial charge is 0.372 e. The van der Waals surface area contributed by atoms with Crippen LogP contribution in [0.4, 0.5) is 11.4 Å². The summed E-state index contributed by atoms with van der Waals surface area (Å²) in [6, 6.07) is 9.88. The highest BCUT2D eigenvalue weighted by Gasteiger charge is 2.29. The Kier molecular flexibility index (Phi) is 7.41. The molecule has 0 saturated heterocycles. The van der Waals surface area contributed by atoms with E-state index in [-0.39, 0.29) is 16.0 Å². The number of hydrogen-bond donors (Lipinski definition) is 2. The van der Waals surface area contributed by atoms with Crippen LogP contribution in [0.5, 0.6) is 0 Å². The summed E-state index contributed by atoms with van der Waals surface area (Å²) in [5.74, 6) is -0.574. The van der Waals surface area contributed by atoms with Crippen LogP contribution in [-0.4, -0.2) is 33.5 Å². The molecule has 148 valence electrons. The number of anilines is 2. The Morgan fingerprint density at radius 3 is 2.22 bits per heavy atom. The number of carbonyl (C=O) groups is 1. The molecule has 1 aromatic carbocycles. The van der Waals surface area contributed by atoms with Crippen LogP contribution in [0.25, 0.3) is 0 Å². The third-order valence-electron chi connectivity index (χ3n) is 4.25. The topological polar surface area (TPSA) is 78.5 Å². The molecule has 6 nitrogen and oxygen atoms in total. The van der Waals surface area contributed by atoms with Gasteiger partial charge in [0.15, 0.2) is 0 Å². The molecule has 0 unspecified atom stereocenters. The number of amides is 1. The molecule has 2 N–H and O–H groups in total. The molecule has 2 aromatic rings. The summed E-state index contributed by atoms with van der Waals surface area (Å²) in [6.45, 7) is 9.61. The van der Waals surface area contributed by atoms with Crippen LogP contribution in [-0.2, 0) is 14.8 Å². The van der Waals surface area contributed by atoms with Crippen molar-refractivity contribution in [2.24, 2.45) is 5.92 Å². The fourth-order valence-corrected chi connectivity index (χ4v) is 5.05. The minimum Gasteiger partial charge on any atom is -0.372 e. The van der Waals surface area contributed by atoms with Crippen molar-refractivity contribution in [1.82, 2.24) is 4.72 Å². The van der Waals surface area contributed by atoms with Gasteiger partial charge in [-0.25, -0.2) is 8.42 Å². The van der Waals surface area contributed by atoms with E-state index in [1.165, 1.54) is 6.07 Å². The maximum Gasteiger partial charge on any atom is 0.250 e. The normalized spacial score (nSPS) is 12.8. The van der Waals surface area contributed by atoms with Gasteiger partial charge in [-0.2, -0.15) is 4.72 Å². The first-order chi connectivity index (χ1) is 12.8. The van der Waals surface area contributed by atoms with Gasteiger partial charge < -0.3 is 10.2 Å². The second-order valence-corrected chi connectivity index (χ2v) is 9.37. The zero-order chi connectivity index (χ0) is 20.0. The summed E-state index contributed by atoms with van der Waals surface area (Å²) in [7, 11) is -3.72. The first-order valence-electron chi connectivity index (χ1n) is 9.00. The van der Waals surface area contributed by atoms with Crippen molar-refractivity contribution in [2.45, 2.75) is 37.9 Å². The first kappa shape index (κ1) is 21.4. The molecular formula is C19H27N3O3S2. The highest BCUT2D eigenvalue weighted by atomic mass is 32.2. The molecule has 8 heteroatoms. The molecule has 1 amide bonds. The molecule has 27 heavy (non-hydrogen) atoms. The Bertz CT molecular complexity index is 828. The van der Waals surface area contributed by atoms with Gasteiger partial charge in [0.1, 0.15) is 10.3 Å². The predicted octanol–water partition coefficient (Wildman–Crippen LogP) is 3.54. The second-order valence-electron chi connectivity index (χ2n) is 6.48. The van der Waals surface area contributed by atoms with E-state index in [1.807, 2.05) is 38.1 Å². The fraction of sp³-hybridized carbons (Fsp3) is 0.421. The highest BCUT2D eigenvalue weighted by Crippen LogP contribution is 2.20. The summed E-state index contributed by atoms with van der Waals surface area (Å²) < 4.78 is 27.7. The smallest absolute Gasteiger partial charge is 0.250 e. The third-order valence-corrected chi connectivity index (χ3v) is 7.09. The van der Waals surface area contributed by atoms with E-state index >= 15 is 0 Å². The maximum atomic E-state index is 12.7. The predicted molar refractivity (Wildman–Crippen MR) is 112 cm³/mol. The maximum absolute atomic E-state index is 12.7. The summed E-state index contributed by atoms with van der Waals surface area (Å²) in [5.41, 5.74) is 1.72. The minimum atomic E-state index is -3.72. The SMILES string of the molecule is CCN(CC)c1ccc(NC(=O)[C@H](NS(=O)(=O)c2cccs2)C(C)C)cc1. The molecular weight excluding hydrogens is 382 g/mol. The monoisotopic (exact) mass is 409 g/mol. The number of hydrogen-bond acceptors (Lipinski definition) is 5. The summed E-state index contributed by atoms with van der Waals surface area (Å²) in [6.07, 6.45) is 0. The lowest BCUT2D eigenvalue weighted by Gasteiger charge is -2.23. The van der Waals surface area contributed by atoms with Crippen LogP contribution >= 0.6 is 11.3 Å². The lowest BCUT2D eigenvalue weighted by Crippen LogP contribution is -2.46. The standard InChI is InChI=1S/C19H27N3O3S2/c1-5-22(6-2)16-11-9-15(10-12-16)20-19(23)18(14(3)4)21-27(24,25)17-8-7-13-26-17/h7-14,18,21H,5-6H2,1-4H3,(H,20,23)/t18-/m1/s1. The first-order valence-corrected chi connectivity index (χ1v) is 11.4. The molecule has 0 aliphatic carbocycles. The Labute approximate surface area is 165 Å². The zero-order valence-electron chi connectivity index (χ0n) is 16.1. The van der Waals surface area contributed by atoms with Crippen molar-refractivity contribution in [3.8, 4) is 0 Å². The Morgan fingerprint density at radius 1 is 1.11 bits per heavy atom. The van der Waals surface area contributed by atoms with Gasteiger partial charge in [0.2, 0.25) is 5.91 Å². The number of nitrogens with zero attached hydrogens (tertiary/aromatic N) is 1. The Balaban J connectivity index is 2.11. The van der Waals surface area contributed by atoms with Crippen LogP contribution in [0, 0.1) is 5.92 Å². The third kappa shape index (κ3) is 5.54. The molecule has 0 bridgehead atoms. The van der Waals surface area contributed by atoms with Gasteiger partial charge >= 0.3 is 0 Å². The molecule has 0 aliphatic heterocycles. The van der Waals surface area contributed by atoms with Crippen LogP contribution in [0.3, 0.4) is 0 Å². The molecule has 1 atom stereocenters. The van der Waals surface area contributed by atoms with Gasteiger partial charge in [-0.05, 0) is 55.5 Å². The lowest BCUT2D eigenvalue weighted by molar-refractivity contribution is -0.118. The second kappa shape index (κ2) is 9.34. The fourth-order valence-electron chi connectivity index (χ4n) is 2.70. The van der Waals surface area contributed by atoms with E-state index in [0.717, 1.165) is 30.1 Å². The molecule has 0 aliphatic rings. The van der Waals surface area contributed by atoms with Crippen molar-refractivity contribution < 1.29 is 13.2 Å². The van der Waals surface area contributed by atoms with E-state index in [0.29, 0.717) is 5.69 Å². The zero-order valence-corrected chi connectivity index (χ0v) is 17.7. The number of nitrogens with one attached hydrogen (secondary N) is 2. The Morgan fingerprint density at radius 2 is 1.74 bits per heavy atom. The molecule has 2 rings (SSSR count). The van der Waals surface area contributed by atoms with Crippen LogP contribution in [0.1, 0.15) is 27.7 Å². The van der Waals surface area contributed by atoms with Crippen LogP contribution < -0.4 is 14.9 Å². The van der Waals surface area contributed by atoms with Gasteiger partial charge in [-0.1, -0.05) is 19.9 Å². The summed E-state index contributed by atoms with van der Waals surface area (Å²) in [5, 5.41) is 4.50. The van der Waals surface area contributed by atoms with Crippen molar-refractivity contribution in [2.75, 3.05) is 23.3 Å². The van der Waals surface area contributed by atoms with Gasteiger partial charge in [0.05, 0.1) is 0 Å². The average Bonchev–Trinajstić information content (AvgIpc) is 3.17.